The summed E-state index contributed by atoms with van der Waals surface area (Å²) in [5.41, 5.74) is 2.56. The van der Waals surface area contributed by atoms with Crippen LogP contribution in [0.4, 0.5) is 4.39 Å². The molecule has 0 radical (unpaired) electrons. The Bertz CT molecular complexity index is 791. The number of imidazole rings is 1. The Morgan fingerprint density at radius 2 is 2.15 bits per heavy atom. The molecular formula is C15H13FN4. The zero-order chi connectivity index (χ0) is 14.1. The molecule has 0 bridgehead atoms. The molecule has 5 heteroatoms. The molecule has 0 amide bonds. The first-order valence-corrected chi connectivity index (χ1v) is 6.37. The summed E-state index contributed by atoms with van der Waals surface area (Å²) >= 11 is 0. The third kappa shape index (κ3) is 1.97. The first-order valence-electron chi connectivity index (χ1n) is 6.37. The molecular weight excluding hydrogens is 255 g/mol. The Morgan fingerprint density at radius 3 is 2.90 bits per heavy atom. The number of nitrogens with zero attached hydrogens (tertiary/aromatic N) is 3. The molecule has 0 fully saturated rings. The SMILES string of the molecule is CCC(=N)c1cc2nccn2nc1-c1ccccc1F. The van der Waals surface area contributed by atoms with E-state index in [1.165, 1.54) is 6.07 Å². The summed E-state index contributed by atoms with van der Waals surface area (Å²) in [4.78, 5) is 4.16. The predicted molar refractivity (Wildman–Crippen MR) is 75.5 cm³/mol. The van der Waals surface area contributed by atoms with Crippen LogP contribution < -0.4 is 0 Å². The van der Waals surface area contributed by atoms with Gasteiger partial charge in [-0.15, -0.1) is 0 Å². The molecule has 20 heavy (non-hydrogen) atoms. The number of aromatic nitrogens is 3. The van der Waals surface area contributed by atoms with Crippen LogP contribution in [0.15, 0.2) is 42.7 Å². The quantitative estimate of drug-likeness (QED) is 0.741. The lowest BCUT2D eigenvalue weighted by atomic mass is 10.0. The van der Waals surface area contributed by atoms with Crippen LogP contribution in [-0.4, -0.2) is 20.3 Å². The van der Waals surface area contributed by atoms with E-state index in [0.29, 0.717) is 34.6 Å². The maximum absolute atomic E-state index is 14.0. The molecule has 0 aliphatic heterocycles. The van der Waals surface area contributed by atoms with Crippen molar-refractivity contribution in [1.82, 2.24) is 14.6 Å². The number of hydrogen-bond donors (Lipinski definition) is 1. The maximum Gasteiger partial charge on any atom is 0.154 e. The van der Waals surface area contributed by atoms with Crippen molar-refractivity contribution in [2.24, 2.45) is 0 Å². The number of rotatable bonds is 3. The van der Waals surface area contributed by atoms with E-state index in [-0.39, 0.29) is 5.82 Å². The van der Waals surface area contributed by atoms with E-state index in [2.05, 4.69) is 10.1 Å². The van der Waals surface area contributed by atoms with Gasteiger partial charge in [-0.3, -0.25) is 0 Å². The van der Waals surface area contributed by atoms with Crippen molar-refractivity contribution in [3.63, 3.8) is 0 Å². The summed E-state index contributed by atoms with van der Waals surface area (Å²) in [5, 5.41) is 12.5. The molecule has 0 saturated heterocycles. The van der Waals surface area contributed by atoms with Crippen molar-refractivity contribution in [3.05, 3.63) is 54.1 Å². The molecule has 2 aromatic heterocycles. The molecule has 3 aromatic rings. The predicted octanol–water partition coefficient (Wildman–Crippen LogP) is 3.31. The molecule has 0 aliphatic carbocycles. The van der Waals surface area contributed by atoms with Crippen LogP contribution in [0.25, 0.3) is 16.9 Å². The van der Waals surface area contributed by atoms with E-state index >= 15 is 0 Å². The highest BCUT2D eigenvalue weighted by Crippen LogP contribution is 2.25. The third-order valence-corrected chi connectivity index (χ3v) is 3.19. The zero-order valence-corrected chi connectivity index (χ0v) is 11.0. The molecule has 0 spiro atoms. The highest BCUT2D eigenvalue weighted by Gasteiger charge is 2.15. The second kappa shape index (κ2) is 4.85. The first-order chi connectivity index (χ1) is 9.70. The topological polar surface area (TPSA) is 54.0 Å². The molecule has 1 aromatic carbocycles. The van der Waals surface area contributed by atoms with Gasteiger partial charge in [0.1, 0.15) is 11.5 Å². The number of fused-ring (bicyclic) bond motifs is 1. The molecule has 2 heterocycles. The average Bonchev–Trinajstić information content (AvgIpc) is 2.93. The summed E-state index contributed by atoms with van der Waals surface area (Å²) in [6, 6.07) is 8.25. The normalized spacial score (nSPS) is 10.9. The van der Waals surface area contributed by atoms with Crippen LogP contribution >= 0.6 is 0 Å². The monoisotopic (exact) mass is 268 g/mol. The largest absolute Gasteiger partial charge is 0.305 e. The lowest BCUT2D eigenvalue weighted by molar-refractivity contribution is 0.630. The van der Waals surface area contributed by atoms with Gasteiger partial charge in [0.05, 0.1) is 0 Å². The van der Waals surface area contributed by atoms with Gasteiger partial charge in [0, 0.05) is 29.2 Å². The molecule has 0 aliphatic rings. The van der Waals surface area contributed by atoms with Gasteiger partial charge in [0.2, 0.25) is 0 Å². The van der Waals surface area contributed by atoms with Crippen LogP contribution in [0.3, 0.4) is 0 Å². The number of nitrogens with one attached hydrogen (secondary N) is 1. The Kier molecular flexibility index (Phi) is 3.02. The Morgan fingerprint density at radius 1 is 1.35 bits per heavy atom. The molecule has 0 unspecified atom stereocenters. The van der Waals surface area contributed by atoms with Gasteiger partial charge in [-0.25, -0.2) is 13.9 Å². The fraction of sp³-hybridized carbons (Fsp3) is 0.133. The number of benzene rings is 1. The summed E-state index contributed by atoms with van der Waals surface area (Å²) in [5.74, 6) is -0.343. The Balaban J connectivity index is 2.32. The minimum atomic E-state index is -0.343. The minimum absolute atomic E-state index is 0.343. The fourth-order valence-electron chi connectivity index (χ4n) is 2.13. The van der Waals surface area contributed by atoms with Crippen LogP contribution in [0, 0.1) is 11.2 Å². The average molecular weight is 268 g/mol. The van der Waals surface area contributed by atoms with Crippen molar-refractivity contribution < 1.29 is 4.39 Å². The van der Waals surface area contributed by atoms with Crippen LogP contribution in [0.2, 0.25) is 0 Å². The van der Waals surface area contributed by atoms with Crippen LogP contribution in [0.5, 0.6) is 0 Å². The van der Waals surface area contributed by atoms with Gasteiger partial charge in [0.25, 0.3) is 0 Å². The lowest BCUT2D eigenvalue weighted by Crippen LogP contribution is -2.06. The van der Waals surface area contributed by atoms with Crippen molar-refractivity contribution in [1.29, 1.82) is 5.41 Å². The van der Waals surface area contributed by atoms with E-state index in [1.54, 1.807) is 41.2 Å². The fourth-order valence-corrected chi connectivity index (χ4v) is 2.13. The number of hydrogen-bond acceptors (Lipinski definition) is 3. The highest BCUT2D eigenvalue weighted by atomic mass is 19.1. The van der Waals surface area contributed by atoms with Gasteiger partial charge < -0.3 is 5.41 Å². The third-order valence-electron chi connectivity index (χ3n) is 3.19. The Labute approximate surface area is 115 Å². The van der Waals surface area contributed by atoms with Gasteiger partial charge >= 0.3 is 0 Å². The molecule has 0 saturated carbocycles. The van der Waals surface area contributed by atoms with Crippen molar-refractivity contribution >= 4 is 11.4 Å². The minimum Gasteiger partial charge on any atom is -0.305 e. The van der Waals surface area contributed by atoms with E-state index in [4.69, 9.17) is 5.41 Å². The van der Waals surface area contributed by atoms with Crippen LogP contribution in [-0.2, 0) is 0 Å². The van der Waals surface area contributed by atoms with E-state index in [9.17, 15) is 4.39 Å². The van der Waals surface area contributed by atoms with Crippen molar-refractivity contribution in [3.8, 4) is 11.3 Å². The highest BCUT2D eigenvalue weighted by molar-refractivity contribution is 6.03. The van der Waals surface area contributed by atoms with E-state index < -0.39 is 0 Å². The van der Waals surface area contributed by atoms with E-state index in [0.717, 1.165) is 0 Å². The second-order valence-corrected chi connectivity index (χ2v) is 4.45. The lowest BCUT2D eigenvalue weighted by Gasteiger charge is -2.10. The molecule has 1 N–H and O–H groups in total. The Hall–Kier alpha value is -2.56. The van der Waals surface area contributed by atoms with Gasteiger partial charge in [-0.1, -0.05) is 19.1 Å². The standard InChI is InChI=1S/C15H13FN4/c1-2-13(17)11-9-14-18-7-8-20(14)19-15(11)10-5-3-4-6-12(10)16/h3-9,17H,2H2,1H3. The second-order valence-electron chi connectivity index (χ2n) is 4.45. The summed E-state index contributed by atoms with van der Waals surface area (Å²) in [7, 11) is 0. The molecule has 3 rings (SSSR count). The molecule has 0 atom stereocenters. The number of halogens is 1. The van der Waals surface area contributed by atoms with E-state index in [1.807, 2.05) is 6.92 Å². The molecule has 100 valence electrons. The maximum atomic E-state index is 14.0. The van der Waals surface area contributed by atoms with Gasteiger partial charge in [-0.05, 0) is 24.6 Å². The summed E-state index contributed by atoms with van der Waals surface area (Å²) < 4.78 is 15.6. The zero-order valence-electron chi connectivity index (χ0n) is 11.0. The summed E-state index contributed by atoms with van der Waals surface area (Å²) in [6.45, 7) is 1.89. The van der Waals surface area contributed by atoms with Gasteiger partial charge in [0.15, 0.2) is 5.65 Å². The van der Waals surface area contributed by atoms with Crippen molar-refractivity contribution in [2.75, 3.05) is 0 Å². The molecule has 4 nitrogen and oxygen atoms in total. The first kappa shape index (κ1) is 12.5. The van der Waals surface area contributed by atoms with Gasteiger partial charge in [-0.2, -0.15) is 5.10 Å². The van der Waals surface area contributed by atoms with Crippen LogP contribution in [0.1, 0.15) is 18.9 Å². The summed E-state index contributed by atoms with van der Waals surface area (Å²) in [6.07, 6.45) is 3.89. The van der Waals surface area contributed by atoms with Crippen molar-refractivity contribution in [2.45, 2.75) is 13.3 Å². The smallest absolute Gasteiger partial charge is 0.154 e.